The Morgan fingerprint density at radius 1 is 1.47 bits per heavy atom. The molecule has 1 aliphatic rings. The molecule has 0 bridgehead atoms. The van der Waals surface area contributed by atoms with Crippen molar-refractivity contribution in [1.29, 1.82) is 0 Å². The molecular weight excluding hydrogens is 269 g/mol. The topological polar surface area (TPSA) is 57.8 Å². The highest BCUT2D eigenvalue weighted by Gasteiger charge is 2.25. The van der Waals surface area contributed by atoms with Crippen LogP contribution in [0.3, 0.4) is 0 Å². The van der Waals surface area contributed by atoms with E-state index < -0.39 is 5.56 Å². The highest BCUT2D eigenvalue weighted by Crippen LogP contribution is 2.35. The van der Waals surface area contributed by atoms with Crippen molar-refractivity contribution >= 4 is 17.3 Å². The summed E-state index contributed by atoms with van der Waals surface area (Å²) in [6.45, 7) is 0. The van der Waals surface area contributed by atoms with Gasteiger partial charge in [0.1, 0.15) is 10.8 Å². The smallest absolute Gasteiger partial charge is 0.285 e. The minimum absolute atomic E-state index is 0.0493. The van der Waals surface area contributed by atoms with E-state index in [1.54, 1.807) is 6.07 Å². The molecule has 0 unspecified atom stereocenters. The molecule has 6 heteroatoms. The van der Waals surface area contributed by atoms with Gasteiger partial charge in [-0.1, -0.05) is 23.7 Å². The van der Waals surface area contributed by atoms with E-state index in [1.165, 1.54) is 12.3 Å². The van der Waals surface area contributed by atoms with E-state index in [0.717, 1.165) is 17.5 Å². The molecule has 0 saturated heterocycles. The van der Waals surface area contributed by atoms with Gasteiger partial charge in [0.15, 0.2) is 0 Å². The van der Waals surface area contributed by atoms with Crippen LogP contribution in [0.5, 0.6) is 0 Å². The first-order chi connectivity index (χ1) is 9.16. The molecule has 1 aromatic heterocycles. The van der Waals surface area contributed by atoms with Crippen molar-refractivity contribution in [2.75, 3.05) is 5.32 Å². The summed E-state index contributed by atoms with van der Waals surface area (Å²) in [4.78, 5) is 11.4. The van der Waals surface area contributed by atoms with E-state index in [9.17, 15) is 9.18 Å². The average Bonchev–Trinajstić information content (AvgIpc) is 2.80. The van der Waals surface area contributed by atoms with Crippen LogP contribution >= 0.6 is 11.6 Å². The number of halogens is 2. The number of nitrogens with one attached hydrogen (secondary N) is 2. The summed E-state index contributed by atoms with van der Waals surface area (Å²) in [5.74, 6) is -0.183. The number of benzene rings is 1. The fourth-order valence-corrected chi connectivity index (χ4v) is 2.58. The van der Waals surface area contributed by atoms with Gasteiger partial charge in [0.2, 0.25) is 0 Å². The summed E-state index contributed by atoms with van der Waals surface area (Å²) >= 11 is 5.91. The first-order valence-electron chi connectivity index (χ1n) is 5.94. The number of hydrogen-bond donors (Lipinski definition) is 2. The molecule has 98 valence electrons. The van der Waals surface area contributed by atoms with Crippen molar-refractivity contribution in [1.82, 2.24) is 10.2 Å². The Morgan fingerprint density at radius 2 is 2.32 bits per heavy atom. The Balaban J connectivity index is 1.93. The van der Waals surface area contributed by atoms with Gasteiger partial charge in [0, 0.05) is 0 Å². The second-order valence-corrected chi connectivity index (χ2v) is 4.85. The van der Waals surface area contributed by atoms with Crippen molar-refractivity contribution in [2.24, 2.45) is 0 Å². The Bertz CT molecular complexity index is 686. The number of anilines is 1. The summed E-state index contributed by atoms with van der Waals surface area (Å²) in [6.07, 6.45) is 2.90. The standard InChI is InChI=1S/C13H11ClFN3O/c14-12-11(6-16-18-13(12)19)17-10-5-4-7-8(10)2-1-3-9(7)15/h1-3,6,10H,4-5H2,(H2,17,18,19)/t10-/m0/s1. The molecule has 1 aliphatic carbocycles. The molecule has 0 fully saturated rings. The molecule has 19 heavy (non-hydrogen) atoms. The predicted molar refractivity (Wildman–Crippen MR) is 71.0 cm³/mol. The van der Waals surface area contributed by atoms with Crippen LogP contribution in [0.25, 0.3) is 0 Å². The van der Waals surface area contributed by atoms with E-state index in [2.05, 4.69) is 15.5 Å². The van der Waals surface area contributed by atoms with E-state index >= 15 is 0 Å². The molecule has 3 rings (SSSR count). The number of fused-ring (bicyclic) bond motifs is 1. The number of hydrogen-bond acceptors (Lipinski definition) is 3. The van der Waals surface area contributed by atoms with Crippen LogP contribution in [0.4, 0.5) is 10.1 Å². The Labute approximate surface area is 113 Å². The van der Waals surface area contributed by atoms with Crippen LogP contribution in [0.15, 0.2) is 29.2 Å². The third kappa shape index (κ3) is 2.10. The monoisotopic (exact) mass is 279 g/mol. The molecule has 0 saturated carbocycles. The predicted octanol–water partition coefficient (Wildman–Crippen LogP) is 2.66. The quantitative estimate of drug-likeness (QED) is 0.888. The van der Waals surface area contributed by atoms with Crippen LogP contribution in [0, 0.1) is 5.82 Å². The summed E-state index contributed by atoms with van der Waals surface area (Å²) in [6, 6.07) is 4.98. The molecule has 2 aromatic rings. The first-order valence-corrected chi connectivity index (χ1v) is 6.31. The van der Waals surface area contributed by atoms with Crippen molar-refractivity contribution in [3.05, 3.63) is 56.7 Å². The number of H-pyrrole nitrogens is 1. The van der Waals surface area contributed by atoms with Gasteiger partial charge in [-0.25, -0.2) is 9.49 Å². The van der Waals surface area contributed by atoms with Gasteiger partial charge < -0.3 is 5.32 Å². The van der Waals surface area contributed by atoms with Crippen molar-refractivity contribution < 1.29 is 4.39 Å². The van der Waals surface area contributed by atoms with Gasteiger partial charge in [-0.3, -0.25) is 4.79 Å². The third-order valence-corrected chi connectivity index (χ3v) is 3.71. The average molecular weight is 280 g/mol. The fraction of sp³-hybridized carbons (Fsp3) is 0.231. The summed E-state index contributed by atoms with van der Waals surface area (Å²) < 4.78 is 13.6. The maximum Gasteiger partial charge on any atom is 0.285 e. The Hall–Kier alpha value is -1.88. The zero-order valence-corrected chi connectivity index (χ0v) is 10.7. The molecule has 1 heterocycles. The van der Waals surface area contributed by atoms with Crippen molar-refractivity contribution in [2.45, 2.75) is 18.9 Å². The fourth-order valence-electron chi connectivity index (χ4n) is 2.43. The molecule has 1 aromatic carbocycles. The van der Waals surface area contributed by atoms with Gasteiger partial charge in [0.25, 0.3) is 5.56 Å². The lowest BCUT2D eigenvalue weighted by Gasteiger charge is -2.15. The second kappa shape index (κ2) is 4.66. The van der Waals surface area contributed by atoms with Crippen molar-refractivity contribution in [3.8, 4) is 0 Å². The minimum atomic E-state index is -0.441. The highest BCUT2D eigenvalue weighted by molar-refractivity contribution is 6.32. The first kappa shape index (κ1) is 12.2. The Kier molecular flexibility index (Phi) is 2.98. The number of aromatic nitrogens is 2. The molecule has 1 atom stereocenters. The molecule has 2 N–H and O–H groups in total. The lowest BCUT2D eigenvalue weighted by Crippen LogP contribution is -2.14. The summed E-state index contributed by atoms with van der Waals surface area (Å²) in [7, 11) is 0. The lowest BCUT2D eigenvalue weighted by molar-refractivity contribution is 0.612. The molecule has 4 nitrogen and oxygen atoms in total. The molecule has 0 aliphatic heterocycles. The number of rotatable bonds is 2. The molecular formula is C13H11ClFN3O. The largest absolute Gasteiger partial charge is 0.376 e. The van der Waals surface area contributed by atoms with E-state index in [1.807, 2.05) is 6.07 Å². The maximum atomic E-state index is 13.6. The summed E-state index contributed by atoms with van der Waals surface area (Å²) in [5.41, 5.74) is 1.67. The molecule has 0 radical (unpaired) electrons. The highest BCUT2D eigenvalue weighted by atomic mass is 35.5. The van der Waals surface area contributed by atoms with Gasteiger partial charge >= 0.3 is 0 Å². The van der Waals surface area contributed by atoms with Crippen LogP contribution in [0.1, 0.15) is 23.6 Å². The van der Waals surface area contributed by atoms with Crippen molar-refractivity contribution in [3.63, 3.8) is 0 Å². The van der Waals surface area contributed by atoms with Gasteiger partial charge in [-0.2, -0.15) is 5.10 Å². The van der Waals surface area contributed by atoms with E-state index in [-0.39, 0.29) is 16.9 Å². The minimum Gasteiger partial charge on any atom is -0.376 e. The third-order valence-electron chi connectivity index (χ3n) is 3.34. The molecule has 0 spiro atoms. The lowest BCUT2D eigenvalue weighted by atomic mass is 10.1. The van der Waals surface area contributed by atoms with Gasteiger partial charge in [-0.05, 0) is 30.0 Å². The number of aromatic amines is 1. The maximum absolute atomic E-state index is 13.6. The van der Waals surface area contributed by atoms with E-state index in [0.29, 0.717) is 12.1 Å². The number of nitrogens with zero attached hydrogens (tertiary/aromatic N) is 1. The zero-order valence-electron chi connectivity index (χ0n) is 9.91. The summed E-state index contributed by atoms with van der Waals surface area (Å²) in [5, 5.41) is 9.18. The Morgan fingerprint density at radius 3 is 3.16 bits per heavy atom. The normalized spacial score (nSPS) is 17.3. The van der Waals surface area contributed by atoms with Crippen LogP contribution < -0.4 is 10.9 Å². The van der Waals surface area contributed by atoms with Crippen LogP contribution in [-0.4, -0.2) is 10.2 Å². The van der Waals surface area contributed by atoms with E-state index in [4.69, 9.17) is 11.6 Å². The van der Waals surface area contributed by atoms with Crippen LogP contribution in [0.2, 0.25) is 5.02 Å². The second-order valence-electron chi connectivity index (χ2n) is 4.47. The van der Waals surface area contributed by atoms with Gasteiger partial charge in [-0.15, -0.1) is 0 Å². The SMILES string of the molecule is O=c1[nH]ncc(N[C@H]2CCc3c(F)cccc32)c1Cl. The van der Waals surface area contributed by atoms with Crippen LogP contribution in [-0.2, 0) is 6.42 Å². The zero-order chi connectivity index (χ0) is 13.4. The van der Waals surface area contributed by atoms with Gasteiger partial charge in [0.05, 0.1) is 17.9 Å². The molecule has 0 amide bonds.